The number of nitrogens with zero attached hydrogens (tertiary/aromatic N) is 3. The molecule has 6 heteroatoms. The van der Waals surface area contributed by atoms with Gasteiger partial charge in [-0.3, -0.25) is 9.59 Å². The molecule has 1 aromatic carbocycles. The minimum Gasteiger partial charge on any atom is -0.459 e. The van der Waals surface area contributed by atoms with Gasteiger partial charge >= 0.3 is 5.97 Å². The Labute approximate surface area is 155 Å². The van der Waals surface area contributed by atoms with Gasteiger partial charge in [0, 0.05) is 31.0 Å². The van der Waals surface area contributed by atoms with E-state index in [9.17, 15) is 9.59 Å². The van der Waals surface area contributed by atoms with Gasteiger partial charge in [-0.1, -0.05) is 18.2 Å². The van der Waals surface area contributed by atoms with Gasteiger partial charge < -0.3 is 19.1 Å². The summed E-state index contributed by atoms with van der Waals surface area (Å²) < 4.78 is 7.27. The lowest BCUT2D eigenvalue weighted by atomic mass is 10.2. The molecule has 1 aromatic heterocycles. The molecule has 0 bridgehead atoms. The zero-order valence-electron chi connectivity index (χ0n) is 16.6. The van der Waals surface area contributed by atoms with Crippen molar-refractivity contribution < 1.29 is 14.3 Å². The summed E-state index contributed by atoms with van der Waals surface area (Å²) in [5.74, 6) is -0.570. The number of hydrogen-bond donors (Lipinski definition) is 0. The van der Waals surface area contributed by atoms with Crippen LogP contribution in [-0.2, 0) is 16.6 Å². The summed E-state index contributed by atoms with van der Waals surface area (Å²) in [6.45, 7) is 6.51. The van der Waals surface area contributed by atoms with Crippen LogP contribution in [0.3, 0.4) is 0 Å². The number of benzene rings is 1. The standard InChI is InChI=1S/C20H29N3O3/c1-20(2,3)26-18(24)14-23(12-11-21(4)5)19(25)17-13-15-9-7-8-10-16(15)22(17)6/h7-10,13H,11-12,14H2,1-6H3. The molecule has 0 saturated heterocycles. The Kier molecular flexibility index (Phi) is 6.08. The van der Waals surface area contributed by atoms with Crippen molar-refractivity contribution in [3.63, 3.8) is 0 Å². The van der Waals surface area contributed by atoms with Crippen molar-refractivity contribution in [1.82, 2.24) is 14.4 Å². The molecule has 26 heavy (non-hydrogen) atoms. The molecule has 0 aliphatic carbocycles. The molecule has 0 atom stereocenters. The molecule has 6 nitrogen and oxygen atoms in total. The van der Waals surface area contributed by atoms with Crippen LogP contribution >= 0.6 is 0 Å². The van der Waals surface area contributed by atoms with E-state index >= 15 is 0 Å². The van der Waals surface area contributed by atoms with E-state index in [1.54, 1.807) is 4.90 Å². The SMILES string of the molecule is CN(C)CCN(CC(=O)OC(C)(C)C)C(=O)c1cc2ccccc2n1C. The van der Waals surface area contributed by atoms with Crippen molar-refractivity contribution in [3.05, 3.63) is 36.0 Å². The summed E-state index contributed by atoms with van der Waals surface area (Å²) in [5.41, 5.74) is 0.974. The van der Waals surface area contributed by atoms with Gasteiger partial charge in [0.05, 0.1) is 0 Å². The van der Waals surface area contributed by atoms with Crippen LogP contribution in [0.1, 0.15) is 31.3 Å². The number of aromatic nitrogens is 1. The summed E-state index contributed by atoms with van der Waals surface area (Å²) in [5, 5.41) is 1.00. The third-order valence-electron chi connectivity index (χ3n) is 4.02. The molecule has 0 fully saturated rings. The van der Waals surface area contributed by atoms with Crippen molar-refractivity contribution in [2.45, 2.75) is 26.4 Å². The van der Waals surface area contributed by atoms with E-state index in [-0.39, 0.29) is 12.5 Å². The Morgan fingerprint density at radius 2 is 1.77 bits per heavy atom. The fourth-order valence-corrected chi connectivity index (χ4v) is 2.76. The van der Waals surface area contributed by atoms with Crippen LogP contribution < -0.4 is 0 Å². The molecule has 0 radical (unpaired) electrons. The van der Waals surface area contributed by atoms with Crippen molar-refractivity contribution in [2.75, 3.05) is 33.7 Å². The minimum absolute atomic E-state index is 0.0640. The molecule has 0 spiro atoms. The number of carbonyl (C=O) groups is 2. The van der Waals surface area contributed by atoms with Crippen LogP contribution in [0.15, 0.2) is 30.3 Å². The summed E-state index contributed by atoms with van der Waals surface area (Å²) in [4.78, 5) is 28.9. The fourth-order valence-electron chi connectivity index (χ4n) is 2.76. The largest absolute Gasteiger partial charge is 0.459 e. The average Bonchev–Trinajstić information content (AvgIpc) is 2.86. The van der Waals surface area contributed by atoms with Crippen molar-refractivity contribution in [2.24, 2.45) is 7.05 Å². The predicted molar refractivity (Wildman–Crippen MR) is 103 cm³/mol. The molecule has 2 aromatic rings. The number of aryl methyl sites for hydroxylation is 1. The van der Waals surface area contributed by atoms with Crippen LogP contribution in [-0.4, -0.2) is 65.6 Å². The van der Waals surface area contributed by atoms with Crippen molar-refractivity contribution in [1.29, 1.82) is 0 Å². The highest BCUT2D eigenvalue weighted by Gasteiger charge is 2.25. The summed E-state index contributed by atoms with van der Waals surface area (Å²) >= 11 is 0. The van der Waals surface area contributed by atoms with Crippen molar-refractivity contribution in [3.8, 4) is 0 Å². The fraction of sp³-hybridized carbons (Fsp3) is 0.500. The topological polar surface area (TPSA) is 54.8 Å². The van der Waals surface area contributed by atoms with Gasteiger partial charge in [0.25, 0.3) is 5.91 Å². The lowest BCUT2D eigenvalue weighted by molar-refractivity contribution is -0.155. The Morgan fingerprint density at radius 1 is 1.12 bits per heavy atom. The zero-order chi connectivity index (χ0) is 19.5. The highest BCUT2D eigenvalue weighted by Crippen LogP contribution is 2.20. The molecule has 0 aliphatic rings. The summed E-state index contributed by atoms with van der Waals surface area (Å²) in [6.07, 6.45) is 0. The number of rotatable bonds is 6. The van der Waals surface area contributed by atoms with Gasteiger partial charge in [0.15, 0.2) is 0 Å². The lowest BCUT2D eigenvalue weighted by Gasteiger charge is -2.26. The second-order valence-electron chi connectivity index (χ2n) is 7.76. The van der Waals surface area contributed by atoms with E-state index in [0.717, 1.165) is 10.9 Å². The van der Waals surface area contributed by atoms with Crippen LogP contribution in [0.25, 0.3) is 10.9 Å². The first kappa shape index (κ1) is 20.0. The summed E-state index contributed by atoms with van der Waals surface area (Å²) in [7, 11) is 5.74. The predicted octanol–water partition coefficient (Wildman–Crippen LogP) is 2.52. The number of hydrogen-bond acceptors (Lipinski definition) is 4. The first-order valence-electron chi connectivity index (χ1n) is 8.79. The second kappa shape index (κ2) is 7.91. The molecular formula is C20H29N3O3. The Balaban J connectivity index is 2.26. The van der Waals surface area contributed by atoms with Crippen molar-refractivity contribution >= 4 is 22.8 Å². The second-order valence-corrected chi connectivity index (χ2v) is 7.76. The number of esters is 1. The van der Waals surface area contributed by atoms with Gasteiger partial charge in [0.1, 0.15) is 17.8 Å². The Bertz CT molecular complexity index is 787. The lowest BCUT2D eigenvalue weighted by Crippen LogP contribution is -2.42. The van der Waals surface area contributed by atoms with E-state index in [1.807, 2.05) is 81.7 Å². The first-order valence-corrected chi connectivity index (χ1v) is 8.79. The van der Waals surface area contributed by atoms with Gasteiger partial charge in [-0.05, 0) is 47.0 Å². The number of likely N-dealkylation sites (N-methyl/N-ethyl adjacent to an activating group) is 1. The van der Waals surface area contributed by atoms with Gasteiger partial charge in [-0.15, -0.1) is 0 Å². The third kappa shape index (κ3) is 5.08. The van der Waals surface area contributed by atoms with Crippen LogP contribution in [0.2, 0.25) is 0 Å². The first-order chi connectivity index (χ1) is 12.1. The quantitative estimate of drug-likeness (QED) is 0.744. The monoisotopic (exact) mass is 359 g/mol. The molecule has 0 unspecified atom stereocenters. The third-order valence-corrected chi connectivity index (χ3v) is 4.02. The molecule has 0 N–H and O–H groups in total. The van der Waals surface area contributed by atoms with Gasteiger partial charge in [-0.2, -0.15) is 0 Å². The highest BCUT2D eigenvalue weighted by molar-refractivity contribution is 5.99. The van der Waals surface area contributed by atoms with Crippen LogP contribution in [0.5, 0.6) is 0 Å². The van der Waals surface area contributed by atoms with E-state index in [4.69, 9.17) is 4.74 Å². The molecule has 142 valence electrons. The maximum atomic E-state index is 13.1. The normalized spacial score (nSPS) is 11.8. The number of fused-ring (bicyclic) bond motifs is 1. The Hall–Kier alpha value is -2.34. The maximum absolute atomic E-state index is 13.1. The van der Waals surface area contributed by atoms with E-state index in [0.29, 0.717) is 18.8 Å². The molecular weight excluding hydrogens is 330 g/mol. The van der Waals surface area contributed by atoms with Gasteiger partial charge in [-0.25, -0.2) is 0 Å². The smallest absolute Gasteiger partial charge is 0.326 e. The Morgan fingerprint density at radius 3 is 2.35 bits per heavy atom. The van der Waals surface area contributed by atoms with E-state index in [1.165, 1.54) is 0 Å². The van der Waals surface area contributed by atoms with Gasteiger partial charge in [0.2, 0.25) is 0 Å². The molecule has 1 amide bonds. The van der Waals surface area contributed by atoms with Crippen LogP contribution in [0.4, 0.5) is 0 Å². The molecule has 0 aliphatic heterocycles. The highest BCUT2D eigenvalue weighted by atomic mass is 16.6. The summed E-state index contributed by atoms with van der Waals surface area (Å²) in [6, 6.07) is 9.71. The number of para-hydroxylation sites is 1. The number of ether oxygens (including phenoxy) is 1. The maximum Gasteiger partial charge on any atom is 0.326 e. The van der Waals surface area contributed by atoms with E-state index in [2.05, 4.69) is 0 Å². The molecule has 0 saturated carbocycles. The average molecular weight is 359 g/mol. The number of amides is 1. The zero-order valence-corrected chi connectivity index (χ0v) is 16.6. The van der Waals surface area contributed by atoms with E-state index < -0.39 is 11.6 Å². The van der Waals surface area contributed by atoms with Crippen LogP contribution in [0, 0.1) is 0 Å². The molecule has 1 heterocycles. The number of carbonyl (C=O) groups excluding carboxylic acids is 2. The molecule has 2 rings (SSSR count). The minimum atomic E-state index is -0.576.